The van der Waals surface area contributed by atoms with Gasteiger partial charge in [-0.05, 0) is 31.2 Å². The molecule has 0 fully saturated rings. The quantitative estimate of drug-likeness (QED) is 0.753. The van der Waals surface area contributed by atoms with Crippen LogP contribution >= 0.6 is 12.4 Å². The van der Waals surface area contributed by atoms with Crippen molar-refractivity contribution in [2.45, 2.75) is 18.2 Å². The lowest BCUT2D eigenvalue weighted by atomic mass is 10.3. The third kappa shape index (κ3) is 5.82. The first-order valence-electron chi connectivity index (χ1n) is 5.63. The van der Waals surface area contributed by atoms with Crippen molar-refractivity contribution in [3.8, 4) is 0 Å². The molecule has 0 heterocycles. The van der Waals surface area contributed by atoms with Gasteiger partial charge in [0.25, 0.3) is 0 Å². The second-order valence-corrected chi connectivity index (χ2v) is 5.49. The van der Waals surface area contributed by atoms with Gasteiger partial charge in [-0.15, -0.1) is 12.4 Å². The van der Waals surface area contributed by atoms with E-state index >= 15 is 0 Å². The molecule has 4 nitrogen and oxygen atoms in total. The molecule has 0 saturated heterocycles. The fourth-order valence-electron chi connectivity index (χ4n) is 1.30. The third-order valence-corrected chi connectivity index (χ3v) is 3.68. The maximum absolute atomic E-state index is 12.9. The normalized spacial score (nSPS) is 11.1. The van der Waals surface area contributed by atoms with Crippen molar-refractivity contribution in [1.29, 1.82) is 0 Å². The molecule has 0 bridgehead atoms. The minimum Gasteiger partial charge on any atom is -0.315 e. The van der Waals surface area contributed by atoms with Crippen LogP contribution in [0.3, 0.4) is 0 Å². The lowest BCUT2D eigenvalue weighted by Gasteiger charge is -2.07. The van der Waals surface area contributed by atoms with Crippen LogP contribution < -0.4 is 10.0 Å². The molecule has 0 saturated carbocycles. The van der Waals surface area contributed by atoms with Crippen LogP contribution in [-0.2, 0) is 10.0 Å². The van der Waals surface area contributed by atoms with Crippen molar-refractivity contribution in [2.75, 3.05) is 19.6 Å². The standard InChI is InChI=1S/C11H16F2N2O2S.ClH/c1-2-5-14-6-7-15-18(16,17)9-3-4-10(12)11(13)8-9;/h3-4,8,14-15H,2,5-7H2,1H3;1H. The topological polar surface area (TPSA) is 58.2 Å². The van der Waals surface area contributed by atoms with Gasteiger partial charge in [0, 0.05) is 13.1 Å². The molecule has 19 heavy (non-hydrogen) atoms. The molecule has 2 N–H and O–H groups in total. The predicted octanol–water partition coefficient (Wildman–Crippen LogP) is 1.66. The minimum absolute atomic E-state index is 0. The second-order valence-electron chi connectivity index (χ2n) is 3.72. The van der Waals surface area contributed by atoms with E-state index in [9.17, 15) is 17.2 Å². The number of nitrogens with one attached hydrogen (secondary N) is 2. The van der Waals surface area contributed by atoms with Gasteiger partial charge in [0.1, 0.15) is 0 Å². The predicted molar refractivity (Wildman–Crippen MR) is 72.0 cm³/mol. The van der Waals surface area contributed by atoms with E-state index in [2.05, 4.69) is 10.0 Å². The molecular formula is C11H17ClF2N2O2S. The molecule has 0 spiro atoms. The second kappa shape index (κ2) is 8.42. The molecule has 1 aromatic rings. The van der Waals surface area contributed by atoms with Crippen LogP contribution in [0, 0.1) is 11.6 Å². The molecule has 8 heteroatoms. The number of halogens is 3. The molecular weight excluding hydrogens is 298 g/mol. The Kier molecular flexibility index (Phi) is 8.08. The van der Waals surface area contributed by atoms with E-state index in [1.807, 2.05) is 6.92 Å². The molecule has 1 aromatic carbocycles. The summed E-state index contributed by atoms with van der Waals surface area (Å²) < 4.78 is 51.3. The van der Waals surface area contributed by atoms with E-state index in [0.29, 0.717) is 12.6 Å². The number of hydrogen-bond donors (Lipinski definition) is 2. The highest BCUT2D eigenvalue weighted by atomic mass is 35.5. The SMILES string of the molecule is CCCNCCNS(=O)(=O)c1ccc(F)c(F)c1.Cl. The van der Waals surface area contributed by atoms with Crippen LogP contribution in [0.25, 0.3) is 0 Å². The van der Waals surface area contributed by atoms with Gasteiger partial charge in [0.05, 0.1) is 4.90 Å². The fourth-order valence-corrected chi connectivity index (χ4v) is 2.35. The van der Waals surface area contributed by atoms with Crippen molar-refractivity contribution in [2.24, 2.45) is 0 Å². The Hall–Kier alpha value is -0.760. The Labute approximate surface area is 118 Å². The zero-order valence-corrected chi connectivity index (χ0v) is 12.1. The Morgan fingerprint density at radius 3 is 2.37 bits per heavy atom. The molecule has 0 aromatic heterocycles. The van der Waals surface area contributed by atoms with Crippen molar-refractivity contribution in [3.63, 3.8) is 0 Å². The molecule has 0 unspecified atom stereocenters. The van der Waals surface area contributed by atoms with Gasteiger partial charge in [0.15, 0.2) is 11.6 Å². The zero-order valence-electron chi connectivity index (χ0n) is 10.4. The summed E-state index contributed by atoms with van der Waals surface area (Å²) in [5.74, 6) is -2.25. The van der Waals surface area contributed by atoms with Crippen LogP contribution in [-0.4, -0.2) is 28.1 Å². The maximum Gasteiger partial charge on any atom is 0.240 e. The molecule has 110 valence electrons. The van der Waals surface area contributed by atoms with Crippen molar-refractivity contribution >= 4 is 22.4 Å². The van der Waals surface area contributed by atoms with Gasteiger partial charge >= 0.3 is 0 Å². The highest BCUT2D eigenvalue weighted by Crippen LogP contribution is 2.13. The number of benzene rings is 1. The molecule has 1 rings (SSSR count). The summed E-state index contributed by atoms with van der Waals surface area (Å²) in [5.41, 5.74) is 0. The van der Waals surface area contributed by atoms with E-state index < -0.39 is 21.7 Å². The van der Waals surface area contributed by atoms with Crippen LogP contribution in [0.1, 0.15) is 13.3 Å². The molecule has 0 amide bonds. The molecule has 0 aliphatic carbocycles. The first-order chi connectivity index (χ1) is 8.47. The lowest BCUT2D eigenvalue weighted by molar-refractivity contribution is 0.504. The highest BCUT2D eigenvalue weighted by Gasteiger charge is 2.15. The first-order valence-corrected chi connectivity index (χ1v) is 7.11. The van der Waals surface area contributed by atoms with Crippen molar-refractivity contribution in [3.05, 3.63) is 29.8 Å². The summed E-state index contributed by atoms with van der Waals surface area (Å²) >= 11 is 0. The third-order valence-electron chi connectivity index (χ3n) is 2.22. The Morgan fingerprint density at radius 2 is 1.79 bits per heavy atom. The minimum atomic E-state index is -3.78. The average Bonchev–Trinajstić information content (AvgIpc) is 2.32. The van der Waals surface area contributed by atoms with E-state index in [1.165, 1.54) is 0 Å². The molecule has 0 atom stereocenters. The molecule has 0 aliphatic heterocycles. The highest BCUT2D eigenvalue weighted by molar-refractivity contribution is 7.89. The zero-order chi connectivity index (χ0) is 13.6. The molecule has 0 radical (unpaired) electrons. The van der Waals surface area contributed by atoms with Gasteiger partial charge in [-0.25, -0.2) is 21.9 Å². The van der Waals surface area contributed by atoms with E-state index in [4.69, 9.17) is 0 Å². The first kappa shape index (κ1) is 18.2. The maximum atomic E-state index is 12.9. The summed E-state index contributed by atoms with van der Waals surface area (Å²) in [4.78, 5) is -0.281. The van der Waals surface area contributed by atoms with Gasteiger partial charge in [-0.2, -0.15) is 0 Å². The van der Waals surface area contributed by atoms with Crippen LogP contribution in [0.5, 0.6) is 0 Å². The fraction of sp³-hybridized carbons (Fsp3) is 0.455. The smallest absolute Gasteiger partial charge is 0.240 e. The summed E-state index contributed by atoms with van der Waals surface area (Å²) in [6.07, 6.45) is 0.954. The van der Waals surface area contributed by atoms with Crippen molar-refractivity contribution < 1.29 is 17.2 Å². The van der Waals surface area contributed by atoms with E-state index in [1.54, 1.807) is 0 Å². The van der Waals surface area contributed by atoms with Crippen LogP contribution in [0.15, 0.2) is 23.1 Å². The van der Waals surface area contributed by atoms with Gasteiger partial charge in [-0.1, -0.05) is 6.92 Å². The number of sulfonamides is 1. The Morgan fingerprint density at radius 1 is 1.11 bits per heavy atom. The van der Waals surface area contributed by atoms with Crippen LogP contribution in [0.4, 0.5) is 8.78 Å². The number of hydrogen-bond acceptors (Lipinski definition) is 3. The average molecular weight is 315 g/mol. The summed E-state index contributed by atoms with van der Waals surface area (Å²) in [6.45, 7) is 3.48. The van der Waals surface area contributed by atoms with E-state index in [-0.39, 0.29) is 23.8 Å². The molecule has 0 aliphatic rings. The van der Waals surface area contributed by atoms with Gasteiger partial charge in [0.2, 0.25) is 10.0 Å². The van der Waals surface area contributed by atoms with Crippen LogP contribution in [0.2, 0.25) is 0 Å². The summed E-state index contributed by atoms with van der Waals surface area (Å²) in [7, 11) is -3.78. The van der Waals surface area contributed by atoms with Gasteiger partial charge in [-0.3, -0.25) is 0 Å². The monoisotopic (exact) mass is 314 g/mol. The Balaban J connectivity index is 0.00000324. The van der Waals surface area contributed by atoms with Crippen molar-refractivity contribution in [1.82, 2.24) is 10.0 Å². The van der Waals surface area contributed by atoms with E-state index in [0.717, 1.165) is 25.1 Å². The number of rotatable bonds is 7. The lowest BCUT2D eigenvalue weighted by Crippen LogP contribution is -2.32. The Bertz CT molecular complexity index is 497. The summed E-state index contributed by atoms with van der Waals surface area (Å²) in [6, 6.07) is 2.48. The summed E-state index contributed by atoms with van der Waals surface area (Å²) in [5, 5.41) is 3.02. The largest absolute Gasteiger partial charge is 0.315 e. The van der Waals surface area contributed by atoms with Gasteiger partial charge < -0.3 is 5.32 Å².